The van der Waals surface area contributed by atoms with E-state index in [1.165, 1.54) is 16.4 Å². The van der Waals surface area contributed by atoms with Crippen molar-refractivity contribution in [3.05, 3.63) is 65.0 Å². The molecule has 1 atom stereocenters. The molecule has 0 radical (unpaired) electrons. The Labute approximate surface area is 160 Å². The van der Waals surface area contributed by atoms with Gasteiger partial charge in [0.05, 0.1) is 11.9 Å². The molecule has 27 heavy (non-hydrogen) atoms. The second-order valence-corrected chi connectivity index (χ2v) is 8.53. The second kappa shape index (κ2) is 8.52. The normalized spacial score (nSPS) is 12.5. The number of benzene rings is 2. The monoisotopic (exact) mass is 392 g/mol. The molecule has 0 fully saturated rings. The molecule has 146 valence electrons. The zero-order valence-electron chi connectivity index (χ0n) is 16.0. The van der Waals surface area contributed by atoms with Gasteiger partial charge in [0.25, 0.3) is 0 Å². The molecule has 0 aliphatic heterocycles. The number of carbonyl (C=O) groups is 1. The Hall–Kier alpha value is -2.41. The Kier molecular flexibility index (Phi) is 6.59. The predicted molar refractivity (Wildman–Crippen MR) is 106 cm³/mol. The largest absolute Gasteiger partial charge is 0.350 e. The van der Waals surface area contributed by atoms with Gasteiger partial charge in [-0.2, -0.15) is 0 Å². The lowest BCUT2D eigenvalue weighted by Gasteiger charge is -2.30. The summed E-state index contributed by atoms with van der Waals surface area (Å²) in [5.74, 6) is -0.749. The van der Waals surface area contributed by atoms with Gasteiger partial charge in [0.1, 0.15) is 11.9 Å². The number of nitrogens with zero attached hydrogens (tertiary/aromatic N) is 1. The van der Waals surface area contributed by atoms with Crippen LogP contribution in [-0.4, -0.2) is 26.6 Å². The lowest BCUT2D eigenvalue weighted by atomic mass is 10.1. The molecule has 0 saturated carbocycles. The number of amides is 1. The van der Waals surface area contributed by atoms with Crippen LogP contribution in [-0.2, 0) is 21.4 Å². The van der Waals surface area contributed by atoms with Gasteiger partial charge in [-0.05, 0) is 61.2 Å². The van der Waals surface area contributed by atoms with E-state index < -0.39 is 22.0 Å². The van der Waals surface area contributed by atoms with Crippen LogP contribution in [0.25, 0.3) is 0 Å². The van der Waals surface area contributed by atoms with E-state index in [9.17, 15) is 17.6 Å². The third-order valence-corrected chi connectivity index (χ3v) is 5.35. The molecule has 0 unspecified atom stereocenters. The molecule has 5 nitrogen and oxygen atoms in total. The predicted octanol–water partition coefficient (Wildman–Crippen LogP) is 3.30. The van der Waals surface area contributed by atoms with Crippen LogP contribution in [0.4, 0.5) is 10.1 Å². The molecule has 2 rings (SSSR count). The number of anilines is 1. The van der Waals surface area contributed by atoms with Crippen molar-refractivity contribution in [2.75, 3.05) is 10.6 Å². The highest BCUT2D eigenvalue weighted by molar-refractivity contribution is 7.92. The fourth-order valence-electron chi connectivity index (χ4n) is 3.05. The van der Waals surface area contributed by atoms with Crippen LogP contribution in [0.5, 0.6) is 0 Å². The number of nitrogens with one attached hydrogen (secondary N) is 1. The maximum atomic E-state index is 13.0. The van der Waals surface area contributed by atoms with Crippen molar-refractivity contribution in [2.24, 2.45) is 0 Å². The number of hydrogen-bond donors (Lipinski definition) is 1. The fraction of sp³-hybridized carbons (Fsp3) is 0.350. The van der Waals surface area contributed by atoms with Crippen molar-refractivity contribution >= 4 is 21.6 Å². The van der Waals surface area contributed by atoms with Crippen molar-refractivity contribution < 1.29 is 17.6 Å². The van der Waals surface area contributed by atoms with Gasteiger partial charge in [0.15, 0.2) is 0 Å². The van der Waals surface area contributed by atoms with Gasteiger partial charge in [-0.3, -0.25) is 9.10 Å². The maximum absolute atomic E-state index is 13.0. The number of sulfonamides is 1. The van der Waals surface area contributed by atoms with Crippen molar-refractivity contribution in [3.8, 4) is 0 Å². The first-order valence-electron chi connectivity index (χ1n) is 8.71. The van der Waals surface area contributed by atoms with Gasteiger partial charge >= 0.3 is 0 Å². The molecule has 1 N–H and O–H groups in total. The third kappa shape index (κ3) is 5.53. The summed E-state index contributed by atoms with van der Waals surface area (Å²) >= 11 is 0. The van der Waals surface area contributed by atoms with E-state index >= 15 is 0 Å². The van der Waals surface area contributed by atoms with Crippen LogP contribution in [0.2, 0.25) is 0 Å². The fourth-order valence-corrected chi connectivity index (χ4v) is 4.24. The van der Waals surface area contributed by atoms with Gasteiger partial charge in [-0.15, -0.1) is 0 Å². The van der Waals surface area contributed by atoms with Crippen LogP contribution in [0.3, 0.4) is 0 Å². The average Bonchev–Trinajstić information content (AvgIpc) is 2.56. The van der Waals surface area contributed by atoms with Crippen LogP contribution in [0.15, 0.2) is 42.5 Å². The maximum Gasteiger partial charge on any atom is 0.244 e. The first-order valence-corrected chi connectivity index (χ1v) is 10.6. The molecular formula is C20H25FN2O3S. The molecule has 2 aromatic carbocycles. The first-order chi connectivity index (χ1) is 12.6. The second-order valence-electron chi connectivity index (χ2n) is 6.67. The summed E-state index contributed by atoms with van der Waals surface area (Å²) in [4.78, 5) is 12.8. The molecule has 0 spiro atoms. The quantitative estimate of drug-likeness (QED) is 0.786. The first kappa shape index (κ1) is 20.9. The number of aryl methyl sites for hydroxylation is 2. The van der Waals surface area contributed by atoms with Crippen molar-refractivity contribution in [1.29, 1.82) is 0 Å². The molecule has 1 amide bonds. The number of halogens is 1. The van der Waals surface area contributed by atoms with Crippen molar-refractivity contribution in [3.63, 3.8) is 0 Å². The molecule has 0 aliphatic rings. The van der Waals surface area contributed by atoms with Crippen LogP contribution < -0.4 is 9.62 Å². The van der Waals surface area contributed by atoms with Gasteiger partial charge in [0.2, 0.25) is 15.9 Å². The standard InChI is InChI=1S/C20H25FN2O3S/c1-5-19(20(24)22-13-16-6-8-17(21)9-7-16)23(27(4,25)26)18-11-14(2)10-15(3)12-18/h6-12,19H,5,13H2,1-4H3,(H,22,24)/t19-/m0/s1. The van der Waals surface area contributed by atoms with Crippen LogP contribution >= 0.6 is 0 Å². The van der Waals surface area contributed by atoms with E-state index in [4.69, 9.17) is 0 Å². The van der Waals surface area contributed by atoms with Gasteiger partial charge in [0, 0.05) is 6.54 Å². The minimum atomic E-state index is -3.67. The molecule has 0 bridgehead atoms. The van der Waals surface area contributed by atoms with Gasteiger partial charge in [-0.25, -0.2) is 12.8 Å². The molecule has 2 aromatic rings. The van der Waals surface area contributed by atoms with E-state index in [-0.39, 0.29) is 12.4 Å². The Morgan fingerprint density at radius 2 is 1.67 bits per heavy atom. The van der Waals surface area contributed by atoms with E-state index in [1.807, 2.05) is 19.9 Å². The summed E-state index contributed by atoms with van der Waals surface area (Å²) in [6.45, 7) is 5.72. The summed E-state index contributed by atoms with van der Waals surface area (Å²) in [5, 5.41) is 2.75. The SMILES string of the molecule is CC[C@@H](C(=O)NCc1ccc(F)cc1)N(c1cc(C)cc(C)c1)S(C)(=O)=O. The highest BCUT2D eigenvalue weighted by atomic mass is 32.2. The van der Waals surface area contributed by atoms with Gasteiger partial charge in [-0.1, -0.05) is 25.1 Å². The zero-order chi connectivity index (χ0) is 20.2. The van der Waals surface area contributed by atoms with Crippen molar-refractivity contribution in [2.45, 2.75) is 39.8 Å². The minimum absolute atomic E-state index is 0.195. The summed E-state index contributed by atoms with van der Waals surface area (Å²) in [6, 6.07) is 10.4. The molecule has 0 aromatic heterocycles. The molecule has 0 saturated heterocycles. The lowest BCUT2D eigenvalue weighted by molar-refractivity contribution is -0.122. The Bertz CT molecular complexity index is 891. The van der Waals surface area contributed by atoms with Crippen LogP contribution in [0, 0.1) is 19.7 Å². The highest BCUT2D eigenvalue weighted by Gasteiger charge is 2.31. The number of carbonyl (C=O) groups excluding carboxylic acids is 1. The topological polar surface area (TPSA) is 66.5 Å². The van der Waals surface area contributed by atoms with E-state index in [2.05, 4.69) is 5.32 Å². The zero-order valence-corrected chi connectivity index (χ0v) is 16.8. The lowest BCUT2D eigenvalue weighted by Crippen LogP contribution is -2.49. The molecule has 0 aliphatic carbocycles. The summed E-state index contributed by atoms with van der Waals surface area (Å²) in [7, 11) is -3.67. The van der Waals surface area contributed by atoms with Gasteiger partial charge < -0.3 is 5.32 Å². The highest BCUT2D eigenvalue weighted by Crippen LogP contribution is 2.25. The van der Waals surface area contributed by atoms with E-state index in [0.29, 0.717) is 12.1 Å². The third-order valence-electron chi connectivity index (χ3n) is 4.17. The van der Waals surface area contributed by atoms with Crippen LogP contribution in [0.1, 0.15) is 30.0 Å². The Balaban J connectivity index is 2.28. The smallest absolute Gasteiger partial charge is 0.244 e. The Morgan fingerprint density at radius 3 is 2.15 bits per heavy atom. The molecular weight excluding hydrogens is 367 g/mol. The molecule has 7 heteroatoms. The molecule has 0 heterocycles. The summed E-state index contributed by atoms with van der Waals surface area (Å²) in [6.07, 6.45) is 1.41. The minimum Gasteiger partial charge on any atom is -0.350 e. The van der Waals surface area contributed by atoms with E-state index in [1.54, 1.807) is 31.2 Å². The number of hydrogen-bond acceptors (Lipinski definition) is 3. The summed E-state index contributed by atoms with van der Waals surface area (Å²) < 4.78 is 39.1. The average molecular weight is 392 g/mol. The van der Waals surface area contributed by atoms with E-state index in [0.717, 1.165) is 22.9 Å². The summed E-state index contributed by atoms with van der Waals surface area (Å²) in [5.41, 5.74) is 3.04. The number of rotatable bonds is 7. The Morgan fingerprint density at radius 1 is 1.11 bits per heavy atom. The van der Waals surface area contributed by atoms with Crippen molar-refractivity contribution in [1.82, 2.24) is 5.32 Å².